The molecule has 0 fully saturated rings. The van der Waals surface area contributed by atoms with Crippen LogP contribution in [0.4, 0.5) is 10.6 Å². The van der Waals surface area contributed by atoms with Crippen molar-refractivity contribution in [3.8, 4) is 0 Å². The van der Waals surface area contributed by atoms with Crippen molar-refractivity contribution in [2.24, 2.45) is 0 Å². The summed E-state index contributed by atoms with van der Waals surface area (Å²) >= 11 is 0. The summed E-state index contributed by atoms with van der Waals surface area (Å²) < 4.78 is 0. The second kappa shape index (κ2) is 10.7. The van der Waals surface area contributed by atoms with Crippen LogP contribution < -0.4 is 10.6 Å². The second-order valence-electron chi connectivity index (χ2n) is 8.03. The number of aromatic nitrogens is 2. The highest BCUT2D eigenvalue weighted by atomic mass is 16.2. The third-order valence-electron chi connectivity index (χ3n) is 5.09. The molecule has 0 saturated heterocycles. The molecule has 0 spiro atoms. The van der Waals surface area contributed by atoms with E-state index in [4.69, 9.17) is 4.98 Å². The van der Waals surface area contributed by atoms with E-state index in [1.807, 2.05) is 61.5 Å². The molecule has 0 bridgehead atoms. The average molecular weight is 421 g/mol. The lowest BCUT2D eigenvalue weighted by atomic mass is 10.1. The van der Waals surface area contributed by atoms with Gasteiger partial charge in [0.05, 0.1) is 18.1 Å². The molecule has 3 rings (SSSR count). The van der Waals surface area contributed by atoms with E-state index in [2.05, 4.69) is 34.6 Å². The first-order chi connectivity index (χ1) is 14.9. The van der Waals surface area contributed by atoms with Gasteiger partial charge in [0.25, 0.3) is 0 Å². The van der Waals surface area contributed by atoms with Crippen molar-refractivity contribution >= 4 is 22.8 Å². The first-order valence-corrected chi connectivity index (χ1v) is 10.6. The fourth-order valence-corrected chi connectivity index (χ4v) is 3.34. The van der Waals surface area contributed by atoms with E-state index in [0.717, 1.165) is 41.8 Å². The van der Waals surface area contributed by atoms with Gasteiger partial charge in [0, 0.05) is 19.0 Å². The Kier molecular flexibility index (Phi) is 7.78. The van der Waals surface area contributed by atoms with E-state index in [-0.39, 0.29) is 12.1 Å². The maximum atomic E-state index is 12.7. The van der Waals surface area contributed by atoms with Gasteiger partial charge in [-0.05, 0) is 51.7 Å². The van der Waals surface area contributed by atoms with Crippen LogP contribution in [0.25, 0.3) is 10.9 Å². The minimum absolute atomic E-state index is 0.0809. The Labute approximate surface area is 184 Å². The second-order valence-corrected chi connectivity index (χ2v) is 8.03. The summed E-state index contributed by atoms with van der Waals surface area (Å²) in [6.45, 7) is 4.13. The van der Waals surface area contributed by atoms with Gasteiger partial charge in [0.2, 0.25) is 0 Å². The van der Waals surface area contributed by atoms with E-state index in [1.54, 1.807) is 11.9 Å². The highest BCUT2D eigenvalue weighted by Crippen LogP contribution is 2.20. The number of rotatable bonds is 9. The molecule has 0 aliphatic heterocycles. The lowest BCUT2D eigenvalue weighted by Gasteiger charge is -2.21. The highest BCUT2D eigenvalue weighted by Gasteiger charge is 2.16. The van der Waals surface area contributed by atoms with Crippen LogP contribution in [0, 0.1) is 0 Å². The zero-order chi connectivity index (χ0) is 22.2. The summed E-state index contributed by atoms with van der Waals surface area (Å²) in [6.07, 6.45) is 1.01. The molecule has 7 nitrogen and oxygen atoms in total. The molecule has 7 heteroatoms. The number of carbonyl (C=O) groups excluding carboxylic acids is 1. The van der Waals surface area contributed by atoms with Crippen LogP contribution in [-0.2, 0) is 6.54 Å². The van der Waals surface area contributed by atoms with Crippen LogP contribution in [0.15, 0.2) is 54.6 Å². The number of anilines is 1. The molecule has 164 valence electrons. The molecular formula is C24H32N6O. The summed E-state index contributed by atoms with van der Waals surface area (Å²) in [5, 5.41) is 7.46. The van der Waals surface area contributed by atoms with Crippen molar-refractivity contribution in [2.45, 2.75) is 25.9 Å². The molecule has 3 aromatic rings. The third-order valence-corrected chi connectivity index (χ3v) is 5.09. The topological polar surface area (TPSA) is 73.4 Å². The Morgan fingerprint density at radius 3 is 2.45 bits per heavy atom. The molecule has 0 aliphatic carbocycles. The maximum Gasteiger partial charge on any atom is 0.318 e. The fourth-order valence-electron chi connectivity index (χ4n) is 3.34. The van der Waals surface area contributed by atoms with Gasteiger partial charge in [-0.1, -0.05) is 42.5 Å². The minimum Gasteiger partial charge on any atom is -0.369 e. The monoisotopic (exact) mass is 420 g/mol. The fraction of sp³-hybridized carbons (Fsp3) is 0.375. The molecule has 31 heavy (non-hydrogen) atoms. The summed E-state index contributed by atoms with van der Waals surface area (Å²) in [7, 11) is 5.89. The van der Waals surface area contributed by atoms with Crippen LogP contribution in [0.1, 0.15) is 30.8 Å². The Morgan fingerprint density at radius 2 is 1.71 bits per heavy atom. The van der Waals surface area contributed by atoms with Crippen molar-refractivity contribution in [3.05, 3.63) is 66.0 Å². The van der Waals surface area contributed by atoms with E-state index in [1.165, 1.54) is 0 Å². The Bertz CT molecular complexity index is 992. The SMILES string of the molecule is C[C@H](NC(=O)N(C)Cc1nc(NCCCN(C)C)c2ccccc2n1)c1ccccc1. The van der Waals surface area contributed by atoms with Gasteiger partial charge in [-0.3, -0.25) is 0 Å². The van der Waals surface area contributed by atoms with Gasteiger partial charge in [0.1, 0.15) is 5.82 Å². The van der Waals surface area contributed by atoms with Gasteiger partial charge in [-0.2, -0.15) is 0 Å². The molecule has 2 N–H and O–H groups in total. The Hall–Kier alpha value is -3.19. The lowest BCUT2D eigenvalue weighted by molar-refractivity contribution is 0.202. The molecule has 0 saturated carbocycles. The van der Waals surface area contributed by atoms with Gasteiger partial charge in [-0.25, -0.2) is 14.8 Å². The van der Waals surface area contributed by atoms with Crippen molar-refractivity contribution in [2.75, 3.05) is 39.5 Å². The zero-order valence-electron chi connectivity index (χ0n) is 18.8. The highest BCUT2D eigenvalue weighted by molar-refractivity contribution is 5.89. The number of amides is 2. The Balaban J connectivity index is 1.69. The number of hydrogen-bond acceptors (Lipinski definition) is 5. The van der Waals surface area contributed by atoms with Crippen molar-refractivity contribution in [3.63, 3.8) is 0 Å². The maximum absolute atomic E-state index is 12.7. The van der Waals surface area contributed by atoms with Crippen LogP contribution in [-0.4, -0.2) is 60.0 Å². The number of urea groups is 1. The summed E-state index contributed by atoms with van der Waals surface area (Å²) in [5.74, 6) is 1.42. The van der Waals surface area contributed by atoms with E-state index in [0.29, 0.717) is 12.4 Å². The minimum atomic E-state index is -0.159. The van der Waals surface area contributed by atoms with Gasteiger partial charge < -0.3 is 20.4 Å². The number of nitrogens with one attached hydrogen (secondary N) is 2. The molecule has 2 amide bonds. The predicted molar refractivity (Wildman–Crippen MR) is 126 cm³/mol. The molecule has 1 atom stereocenters. The van der Waals surface area contributed by atoms with Crippen molar-refractivity contribution in [1.82, 2.24) is 25.1 Å². The van der Waals surface area contributed by atoms with Crippen LogP contribution in [0.2, 0.25) is 0 Å². The molecular weight excluding hydrogens is 388 g/mol. The number of benzene rings is 2. The predicted octanol–water partition coefficient (Wildman–Crippen LogP) is 3.90. The molecule has 0 radical (unpaired) electrons. The zero-order valence-corrected chi connectivity index (χ0v) is 18.8. The summed E-state index contributed by atoms with van der Waals surface area (Å²) in [4.78, 5) is 25.9. The standard InChI is InChI=1S/C24H32N6O/c1-18(19-11-6-5-7-12-19)26-24(31)30(4)17-22-27-21-14-9-8-13-20(21)23(28-22)25-15-10-16-29(2)3/h5-9,11-14,18H,10,15-17H2,1-4H3,(H,26,31)(H,25,27,28)/t18-/m0/s1. The van der Waals surface area contributed by atoms with E-state index < -0.39 is 0 Å². The number of para-hydroxylation sites is 1. The van der Waals surface area contributed by atoms with Crippen LogP contribution in [0.3, 0.4) is 0 Å². The molecule has 0 aliphatic rings. The van der Waals surface area contributed by atoms with E-state index in [9.17, 15) is 4.79 Å². The van der Waals surface area contributed by atoms with Crippen molar-refractivity contribution in [1.29, 1.82) is 0 Å². The smallest absolute Gasteiger partial charge is 0.318 e. The van der Waals surface area contributed by atoms with Crippen molar-refractivity contribution < 1.29 is 4.79 Å². The average Bonchev–Trinajstić information content (AvgIpc) is 2.77. The van der Waals surface area contributed by atoms with E-state index >= 15 is 0 Å². The quantitative estimate of drug-likeness (QED) is 0.514. The van der Waals surface area contributed by atoms with Crippen LogP contribution >= 0.6 is 0 Å². The molecule has 0 unspecified atom stereocenters. The largest absolute Gasteiger partial charge is 0.369 e. The summed E-state index contributed by atoms with van der Waals surface area (Å²) in [6, 6.07) is 17.6. The molecule has 2 aromatic carbocycles. The van der Waals surface area contributed by atoms with Gasteiger partial charge in [-0.15, -0.1) is 0 Å². The number of carbonyl (C=O) groups is 1. The van der Waals surface area contributed by atoms with Gasteiger partial charge >= 0.3 is 6.03 Å². The Morgan fingerprint density at radius 1 is 1.00 bits per heavy atom. The van der Waals surface area contributed by atoms with Gasteiger partial charge in [0.15, 0.2) is 5.82 Å². The molecule has 1 aromatic heterocycles. The van der Waals surface area contributed by atoms with Crippen LogP contribution in [0.5, 0.6) is 0 Å². The third kappa shape index (κ3) is 6.39. The normalized spacial score (nSPS) is 12.0. The number of hydrogen-bond donors (Lipinski definition) is 2. The molecule has 1 heterocycles. The summed E-state index contributed by atoms with van der Waals surface area (Å²) in [5.41, 5.74) is 1.93. The number of fused-ring (bicyclic) bond motifs is 1. The first-order valence-electron chi connectivity index (χ1n) is 10.6. The number of nitrogens with zero attached hydrogens (tertiary/aromatic N) is 4. The first kappa shape index (κ1) is 22.5. The lowest BCUT2D eigenvalue weighted by Crippen LogP contribution is -2.38.